The van der Waals surface area contributed by atoms with Crippen molar-refractivity contribution in [2.75, 3.05) is 11.1 Å². The number of benzene rings is 2. The van der Waals surface area contributed by atoms with Gasteiger partial charge in [0.05, 0.1) is 5.02 Å². The van der Waals surface area contributed by atoms with Crippen LogP contribution in [0.5, 0.6) is 5.75 Å². The van der Waals surface area contributed by atoms with Gasteiger partial charge in [-0.05, 0) is 35.6 Å². The highest BCUT2D eigenvalue weighted by Crippen LogP contribution is 2.28. The molecule has 0 radical (unpaired) electrons. The van der Waals surface area contributed by atoms with Gasteiger partial charge in [0.1, 0.15) is 5.75 Å². The highest BCUT2D eigenvalue weighted by molar-refractivity contribution is 7.99. The molecule has 0 saturated carbocycles. The second-order valence-corrected chi connectivity index (χ2v) is 5.78. The predicted octanol–water partition coefficient (Wildman–Crippen LogP) is 4.77. The summed E-state index contributed by atoms with van der Waals surface area (Å²) in [5.41, 5.74) is 2.16. The van der Waals surface area contributed by atoms with E-state index in [-0.39, 0.29) is 5.75 Å². The molecule has 0 unspecified atom stereocenters. The maximum absolute atomic E-state index is 9.39. The standard InChI is InChI=1S/C15H16ClNOS/c1-2-19-15-6-4-3-5-13(15)17-10-11-7-8-14(18)12(16)9-11/h3-9,17-18H,2,10H2,1H3. The average Bonchev–Trinajstić information content (AvgIpc) is 2.42. The van der Waals surface area contributed by atoms with Gasteiger partial charge >= 0.3 is 0 Å². The fourth-order valence-electron chi connectivity index (χ4n) is 1.75. The van der Waals surface area contributed by atoms with Gasteiger partial charge in [-0.15, -0.1) is 11.8 Å². The van der Waals surface area contributed by atoms with E-state index in [1.807, 2.05) is 30.0 Å². The van der Waals surface area contributed by atoms with Crippen molar-refractivity contribution in [1.29, 1.82) is 0 Å². The first-order valence-corrected chi connectivity index (χ1v) is 7.50. The van der Waals surface area contributed by atoms with Gasteiger partial charge in [0.25, 0.3) is 0 Å². The molecule has 0 saturated heterocycles. The van der Waals surface area contributed by atoms with Crippen LogP contribution in [0.15, 0.2) is 47.4 Å². The lowest BCUT2D eigenvalue weighted by molar-refractivity contribution is 0.475. The van der Waals surface area contributed by atoms with Crippen LogP contribution in [0.25, 0.3) is 0 Å². The molecule has 100 valence electrons. The van der Waals surface area contributed by atoms with E-state index >= 15 is 0 Å². The first kappa shape index (κ1) is 14.1. The number of aromatic hydroxyl groups is 1. The van der Waals surface area contributed by atoms with E-state index in [1.54, 1.807) is 12.1 Å². The summed E-state index contributed by atoms with van der Waals surface area (Å²) in [6.07, 6.45) is 0. The Kier molecular flexibility index (Phi) is 5.00. The zero-order valence-corrected chi connectivity index (χ0v) is 12.3. The Morgan fingerprint density at radius 1 is 1.21 bits per heavy atom. The number of para-hydroxylation sites is 1. The van der Waals surface area contributed by atoms with Crippen LogP contribution < -0.4 is 5.32 Å². The molecule has 0 spiro atoms. The highest BCUT2D eigenvalue weighted by atomic mass is 35.5. The SMILES string of the molecule is CCSc1ccccc1NCc1ccc(O)c(Cl)c1. The quantitative estimate of drug-likeness (QED) is 0.779. The average molecular weight is 294 g/mol. The van der Waals surface area contributed by atoms with Crippen LogP contribution in [0.1, 0.15) is 12.5 Å². The maximum Gasteiger partial charge on any atom is 0.134 e. The fraction of sp³-hybridized carbons (Fsp3) is 0.200. The monoisotopic (exact) mass is 293 g/mol. The van der Waals surface area contributed by atoms with Crippen molar-refractivity contribution in [3.05, 3.63) is 53.1 Å². The normalized spacial score (nSPS) is 10.4. The van der Waals surface area contributed by atoms with Gasteiger partial charge in [-0.25, -0.2) is 0 Å². The molecule has 0 aliphatic heterocycles. The summed E-state index contributed by atoms with van der Waals surface area (Å²) in [6.45, 7) is 2.82. The first-order valence-electron chi connectivity index (χ1n) is 6.13. The summed E-state index contributed by atoms with van der Waals surface area (Å²) < 4.78 is 0. The number of hydrogen-bond donors (Lipinski definition) is 2. The van der Waals surface area contributed by atoms with Gasteiger partial charge in [0.2, 0.25) is 0 Å². The van der Waals surface area contributed by atoms with E-state index in [9.17, 15) is 5.11 Å². The Hall–Kier alpha value is -1.32. The predicted molar refractivity (Wildman–Crippen MR) is 83.3 cm³/mol. The molecule has 0 atom stereocenters. The second kappa shape index (κ2) is 6.73. The van der Waals surface area contributed by atoms with Crippen LogP contribution in [0.4, 0.5) is 5.69 Å². The van der Waals surface area contributed by atoms with Crippen molar-refractivity contribution < 1.29 is 5.11 Å². The van der Waals surface area contributed by atoms with Gasteiger partial charge in [-0.1, -0.05) is 36.7 Å². The number of nitrogens with one attached hydrogen (secondary N) is 1. The third kappa shape index (κ3) is 3.82. The Balaban J connectivity index is 2.07. The number of halogens is 1. The van der Waals surface area contributed by atoms with Crippen molar-refractivity contribution >= 4 is 29.1 Å². The molecule has 0 heterocycles. The van der Waals surface area contributed by atoms with E-state index in [0.717, 1.165) is 17.0 Å². The maximum atomic E-state index is 9.39. The summed E-state index contributed by atoms with van der Waals surface area (Å²) in [5.74, 6) is 1.16. The van der Waals surface area contributed by atoms with Crippen LogP contribution >= 0.6 is 23.4 Å². The lowest BCUT2D eigenvalue weighted by Gasteiger charge is -2.11. The van der Waals surface area contributed by atoms with Crippen molar-refractivity contribution in [1.82, 2.24) is 0 Å². The molecule has 0 aliphatic rings. The van der Waals surface area contributed by atoms with Gasteiger partial charge in [0, 0.05) is 17.1 Å². The zero-order valence-electron chi connectivity index (χ0n) is 10.7. The summed E-state index contributed by atoms with van der Waals surface area (Å²) in [6, 6.07) is 13.5. The molecule has 0 fully saturated rings. The third-order valence-corrected chi connectivity index (χ3v) is 3.94. The number of rotatable bonds is 5. The molecule has 4 heteroatoms. The number of phenolic OH excluding ortho intramolecular Hbond substituents is 1. The summed E-state index contributed by atoms with van der Waals surface area (Å²) in [4.78, 5) is 1.25. The van der Waals surface area contributed by atoms with Crippen LogP contribution in [-0.2, 0) is 6.54 Å². The second-order valence-electron chi connectivity index (χ2n) is 4.07. The highest BCUT2D eigenvalue weighted by Gasteiger charge is 2.03. The lowest BCUT2D eigenvalue weighted by atomic mass is 10.2. The molecule has 0 aromatic heterocycles. The molecular weight excluding hydrogens is 278 g/mol. The topological polar surface area (TPSA) is 32.3 Å². The minimum Gasteiger partial charge on any atom is -0.506 e. The molecule has 2 rings (SSSR count). The van der Waals surface area contributed by atoms with Crippen molar-refractivity contribution in [2.24, 2.45) is 0 Å². The molecular formula is C15H16ClNOS. The van der Waals surface area contributed by atoms with Gasteiger partial charge < -0.3 is 10.4 Å². The number of thioether (sulfide) groups is 1. The molecule has 2 N–H and O–H groups in total. The van der Waals surface area contributed by atoms with Crippen LogP contribution in [0, 0.1) is 0 Å². The molecule has 0 bridgehead atoms. The Bertz CT molecular complexity index is 560. The molecule has 2 nitrogen and oxygen atoms in total. The summed E-state index contributed by atoms with van der Waals surface area (Å²) >= 11 is 7.71. The van der Waals surface area contributed by atoms with Crippen LogP contribution in [-0.4, -0.2) is 10.9 Å². The third-order valence-electron chi connectivity index (χ3n) is 2.68. The number of hydrogen-bond acceptors (Lipinski definition) is 3. The largest absolute Gasteiger partial charge is 0.506 e. The molecule has 2 aromatic carbocycles. The summed E-state index contributed by atoms with van der Waals surface area (Å²) in [7, 11) is 0. The minimum atomic E-state index is 0.118. The molecule has 2 aromatic rings. The lowest BCUT2D eigenvalue weighted by Crippen LogP contribution is -2.00. The zero-order chi connectivity index (χ0) is 13.7. The smallest absolute Gasteiger partial charge is 0.134 e. The van der Waals surface area contributed by atoms with E-state index in [4.69, 9.17) is 11.6 Å². The fourth-order valence-corrected chi connectivity index (χ4v) is 2.74. The molecule has 0 aliphatic carbocycles. The Morgan fingerprint density at radius 2 is 2.00 bits per heavy atom. The van der Waals surface area contributed by atoms with Crippen LogP contribution in [0.2, 0.25) is 5.02 Å². The summed E-state index contributed by atoms with van der Waals surface area (Å²) in [5, 5.41) is 13.2. The van der Waals surface area contributed by atoms with Gasteiger partial charge in [-0.2, -0.15) is 0 Å². The molecule has 0 amide bonds. The number of anilines is 1. The molecule has 19 heavy (non-hydrogen) atoms. The Labute approximate surface area is 122 Å². The Morgan fingerprint density at radius 3 is 2.74 bits per heavy atom. The minimum absolute atomic E-state index is 0.118. The van der Waals surface area contributed by atoms with Crippen molar-refractivity contribution in [2.45, 2.75) is 18.4 Å². The first-order chi connectivity index (χ1) is 9.20. The van der Waals surface area contributed by atoms with E-state index in [1.165, 1.54) is 4.90 Å². The van der Waals surface area contributed by atoms with Crippen LogP contribution in [0.3, 0.4) is 0 Å². The van der Waals surface area contributed by atoms with E-state index in [0.29, 0.717) is 11.6 Å². The van der Waals surface area contributed by atoms with E-state index < -0.39 is 0 Å². The van der Waals surface area contributed by atoms with Crippen molar-refractivity contribution in [3.63, 3.8) is 0 Å². The van der Waals surface area contributed by atoms with Gasteiger partial charge in [0.15, 0.2) is 0 Å². The van der Waals surface area contributed by atoms with E-state index in [2.05, 4.69) is 24.4 Å². The number of phenols is 1. The van der Waals surface area contributed by atoms with Gasteiger partial charge in [-0.3, -0.25) is 0 Å². The van der Waals surface area contributed by atoms with Crippen molar-refractivity contribution in [3.8, 4) is 5.75 Å².